The quantitative estimate of drug-likeness (QED) is 0.680. The van der Waals surface area contributed by atoms with Gasteiger partial charge in [0.05, 0.1) is 12.0 Å². The third kappa shape index (κ3) is 1.41. The molecule has 2 heterocycles. The molecule has 0 aliphatic carbocycles. The van der Waals surface area contributed by atoms with Crippen molar-refractivity contribution in [3.05, 3.63) is 35.9 Å². The van der Waals surface area contributed by atoms with Crippen LogP contribution in [-0.4, -0.2) is 42.0 Å². The van der Waals surface area contributed by atoms with Gasteiger partial charge in [-0.3, -0.25) is 19.3 Å². The molecule has 0 radical (unpaired) electrons. The summed E-state index contributed by atoms with van der Waals surface area (Å²) in [5, 5.41) is 1.62. The Morgan fingerprint density at radius 3 is 2.39 bits per heavy atom. The molecule has 0 spiro atoms. The molecule has 18 heavy (non-hydrogen) atoms. The lowest BCUT2D eigenvalue weighted by atomic mass is 9.91. The van der Waals surface area contributed by atoms with Gasteiger partial charge in [0.1, 0.15) is 0 Å². The van der Waals surface area contributed by atoms with E-state index in [9.17, 15) is 9.59 Å². The summed E-state index contributed by atoms with van der Waals surface area (Å²) < 4.78 is 0. The Balaban J connectivity index is 2.01. The minimum Gasteiger partial charge on any atom is -0.284 e. The number of carbonyl (C=O) groups excluding carboxylic acids is 2. The van der Waals surface area contributed by atoms with E-state index in [0.717, 1.165) is 10.5 Å². The molecule has 2 fully saturated rings. The van der Waals surface area contributed by atoms with Crippen LogP contribution in [0.15, 0.2) is 30.3 Å². The Morgan fingerprint density at radius 2 is 1.72 bits per heavy atom. The standard InChI is InChI=1S/C13H14N2O3/c1-14-12(16)9-10(8-6-4-3-5-7-8)15(2)18-11(9)13(14)17/h3-7,9-11H,1-2H3/t9-,10+,11+/m1/s1. The highest BCUT2D eigenvalue weighted by atomic mass is 16.7. The van der Waals surface area contributed by atoms with Gasteiger partial charge in [-0.25, -0.2) is 0 Å². The van der Waals surface area contributed by atoms with Crippen molar-refractivity contribution >= 4 is 11.8 Å². The maximum Gasteiger partial charge on any atom is 0.261 e. The zero-order valence-corrected chi connectivity index (χ0v) is 10.2. The van der Waals surface area contributed by atoms with Gasteiger partial charge in [-0.1, -0.05) is 30.3 Å². The van der Waals surface area contributed by atoms with Crippen LogP contribution in [0.2, 0.25) is 0 Å². The highest BCUT2D eigenvalue weighted by Crippen LogP contribution is 2.42. The molecule has 0 bridgehead atoms. The van der Waals surface area contributed by atoms with Crippen LogP contribution in [0.1, 0.15) is 11.6 Å². The van der Waals surface area contributed by atoms with Crippen molar-refractivity contribution in [1.82, 2.24) is 9.96 Å². The molecule has 3 rings (SSSR count). The molecule has 0 unspecified atom stereocenters. The van der Waals surface area contributed by atoms with E-state index in [4.69, 9.17) is 4.84 Å². The van der Waals surface area contributed by atoms with E-state index in [0.29, 0.717) is 0 Å². The Kier molecular flexibility index (Phi) is 2.46. The number of hydroxylamine groups is 2. The van der Waals surface area contributed by atoms with Crippen molar-refractivity contribution in [2.45, 2.75) is 12.1 Å². The van der Waals surface area contributed by atoms with E-state index in [2.05, 4.69) is 0 Å². The molecule has 1 aromatic rings. The lowest BCUT2D eigenvalue weighted by molar-refractivity contribution is -0.168. The molecule has 1 aromatic carbocycles. The molecule has 2 aliphatic rings. The Labute approximate surface area is 105 Å². The van der Waals surface area contributed by atoms with Gasteiger partial charge in [0.25, 0.3) is 5.91 Å². The van der Waals surface area contributed by atoms with Gasteiger partial charge in [0.2, 0.25) is 5.91 Å². The predicted octanol–water partition coefficient (Wildman–Crippen LogP) is 0.588. The van der Waals surface area contributed by atoms with Gasteiger partial charge >= 0.3 is 0 Å². The van der Waals surface area contributed by atoms with E-state index in [1.54, 1.807) is 12.1 Å². The molecule has 94 valence electrons. The van der Waals surface area contributed by atoms with Gasteiger partial charge in [-0.2, -0.15) is 5.06 Å². The summed E-state index contributed by atoms with van der Waals surface area (Å²) in [5.41, 5.74) is 0.990. The number of hydrogen-bond donors (Lipinski definition) is 0. The fraction of sp³-hybridized carbons (Fsp3) is 0.385. The molecular weight excluding hydrogens is 232 g/mol. The number of nitrogens with zero attached hydrogens (tertiary/aromatic N) is 2. The first-order valence-electron chi connectivity index (χ1n) is 5.87. The number of fused-ring (bicyclic) bond motifs is 1. The van der Waals surface area contributed by atoms with Gasteiger partial charge < -0.3 is 0 Å². The maximum absolute atomic E-state index is 12.1. The summed E-state index contributed by atoms with van der Waals surface area (Å²) in [6, 6.07) is 9.46. The SMILES string of the molecule is CN1C(=O)[C@H]2[C@H](ON(C)[C@H]2c2ccccc2)C1=O. The summed E-state index contributed by atoms with van der Waals surface area (Å²) in [7, 11) is 3.27. The lowest BCUT2D eigenvalue weighted by Gasteiger charge is -2.22. The minimum absolute atomic E-state index is 0.164. The second-order valence-electron chi connectivity index (χ2n) is 4.69. The fourth-order valence-electron chi connectivity index (χ4n) is 2.76. The molecular formula is C13H14N2O3. The highest BCUT2D eigenvalue weighted by Gasteiger charge is 2.57. The average Bonchev–Trinajstić information content (AvgIpc) is 2.82. The van der Waals surface area contributed by atoms with Gasteiger partial charge in [-0.05, 0) is 5.56 Å². The molecule has 2 amide bonds. The van der Waals surface area contributed by atoms with Crippen molar-refractivity contribution < 1.29 is 14.4 Å². The van der Waals surface area contributed by atoms with Crippen LogP contribution in [0, 0.1) is 5.92 Å². The zero-order valence-electron chi connectivity index (χ0n) is 10.2. The fourth-order valence-corrected chi connectivity index (χ4v) is 2.76. The van der Waals surface area contributed by atoms with Crippen LogP contribution in [0.25, 0.3) is 0 Å². The topological polar surface area (TPSA) is 49.9 Å². The molecule has 0 saturated carbocycles. The van der Waals surface area contributed by atoms with Crippen LogP contribution < -0.4 is 0 Å². The van der Waals surface area contributed by atoms with Gasteiger partial charge in [0, 0.05) is 14.1 Å². The first-order valence-corrected chi connectivity index (χ1v) is 5.87. The molecule has 3 atom stereocenters. The van der Waals surface area contributed by atoms with E-state index < -0.39 is 12.0 Å². The Hall–Kier alpha value is -1.72. The number of amides is 2. The zero-order chi connectivity index (χ0) is 12.9. The first-order chi connectivity index (χ1) is 8.61. The van der Waals surface area contributed by atoms with Crippen molar-refractivity contribution in [2.24, 2.45) is 5.92 Å². The number of likely N-dealkylation sites (N-methyl/N-ethyl adjacent to an activating group) is 1. The summed E-state index contributed by atoms with van der Waals surface area (Å²) in [5.74, 6) is -0.853. The van der Waals surface area contributed by atoms with Crippen LogP contribution in [0.5, 0.6) is 0 Å². The monoisotopic (exact) mass is 246 g/mol. The maximum atomic E-state index is 12.1. The second-order valence-corrected chi connectivity index (χ2v) is 4.69. The van der Waals surface area contributed by atoms with Crippen molar-refractivity contribution in [3.8, 4) is 0 Å². The highest BCUT2D eigenvalue weighted by molar-refractivity contribution is 6.07. The number of rotatable bonds is 1. The average molecular weight is 246 g/mol. The van der Waals surface area contributed by atoms with Gasteiger partial charge in [0.15, 0.2) is 6.10 Å². The molecule has 5 nitrogen and oxygen atoms in total. The molecule has 0 aromatic heterocycles. The largest absolute Gasteiger partial charge is 0.284 e. The van der Waals surface area contributed by atoms with Gasteiger partial charge in [-0.15, -0.1) is 0 Å². The predicted molar refractivity (Wildman–Crippen MR) is 63.1 cm³/mol. The van der Waals surface area contributed by atoms with Crippen LogP contribution in [0.4, 0.5) is 0 Å². The second kappa shape index (κ2) is 3.90. The summed E-state index contributed by atoms with van der Waals surface area (Å²) in [4.78, 5) is 30.7. The number of carbonyl (C=O) groups is 2. The Bertz CT molecular complexity index is 502. The van der Waals surface area contributed by atoms with E-state index in [1.165, 1.54) is 7.05 Å². The van der Waals surface area contributed by atoms with E-state index >= 15 is 0 Å². The lowest BCUT2D eigenvalue weighted by Crippen LogP contribution is -2.33. The van der Waals surface area contributed by atoms with Crippen molar-refractivity contribution in [1.29, 1.82) is 0 Å². The van der Waals surface area contributed by atoms with E-state index in [-0.39, 0.29) is 17.9 Å². The molecule has 0 N–H and O–H groups in total. The number of imide groups is 1. The molecule has 5 heteroatoms. The van der Waals surface area contributed by atoms with Crippen molar-refractivity contribution in [2.75, 3.05) is 14.1 Å². The number of benzene rings is 1. The van der Waals surface area contributed by atoms with Crippen molar-refractivity contribution in [3.63, 3.8) is 0 Å². The smallest absolute Gasteiger partial charge is 0.261 e. The number of likely N-dealkylation sites (tertiary alicyclic amines) is 1. The third-order valence-corrected chi connectivity index (χ3v) is 3.67. The summed E-state index contributed by atoms with van der Waals surface area (Å²) in [6.45, 7) is 0. The first kappa shape index (κ1) is 11.4. The van der Waals surface area contributed by atoms with Crippen LogP contribution in [-0.2, 0) is 14.4 Å². The van der Waals surface area contributed by atoms with Crippen LogP contribution >= 0.6 is 0 Å². The van der Waals surface area contributed by atoms with Crippen LogP contribution in [0.3, 0.4) is 0 Å². The molecule has 2 aliphatic heterocycles. The molecule has 2 saturated heterocycles. The Morgan fingerprint density at radius 1 is 1.06 bits per heavy atom. The normalized spacial score (nSPS) is 32.1. The summed E-state index contributed by atoms with van der Waals surface area (Å²) >= 11 is 0. The third-order valence-electron chi connectivity index (χ3n) is 3.67. The number of hydrogen-bond acceptors (Lipinski definition) is 4. The summed E-state index contributed by atoms with van der Waals surface area (Å²) in [6.07, 6.45) is -0.669. The minimum atomic E-state index is -0.669. The van der Waals surface area contributed by atoms with E-state index in [1.807, 2.05) is 30.3 Å².